The van der Waals surface area contributed by atoms with Crippen LogP contribution in [0, 0.1) is 12.7 Å². The first-order valence-corrected chi connectivity index (χ1v) is 4.16. The summed E-state index contributed by atoms with van der Waals surface area (Å²) in [6.07, 6.45) is -0.538. The van der Waals surface area contributed by atoms with Gasteiger partial charge in [-0.1, -0.05) is 6.07 Å². The van der Waals surface area contributed by atoms with Gasteiger partial charge in [0, 0.05) is 6.07 Å². The summed E-state index contributed by atoms with van der Waals surface area (Å²) < 4.78 is 18.1. The Morgan fingerprint density at radius 1 is 1.54 bits per heavy atom. The smallest absolute Gasteiger partial charge is 0.129 e. The molecule has 1 atom stereocenters. The molecule has 13 heavy (non-hydrogen) atoms. The normalized spacial score (nSPS) is 12.6. The number of halogens is 1. The van der Waals surface area contributed by atoms with Crippen LogP contribution in [-0.4, -0.2) is 17.8 Å². The molecule has 0 aliphatic carbocycles. The number of aliphatic hydroxyl groups excluding tert-OH is 1. The van der Waals surface area contributed by atoms with Crippen molar-refractivity contribution in [3.05, 3.63) is 29.6 Å². The average molecular weight is 184 g/mol. The Labute approximate surface area is 77.0 Å². The SMILES string of the molecule is Cc1ccc(OC[C@H](C)O)cc1F. The summed E-state index contributed by atoms with van der Waals surface area (Å²) in [5.74, 6) is 0.159. The van der Waals surface area contributed by atoms with Crippen molar-refractivity contribution in [2.24, 2.45) is 0 Å². The van der Waals surface area contributed by atoms with Crippen LogP contribution in [0.1, 0.15) is 12.5 Å². The van der Waals surface area contributed by atoms with Crippen molar-refractivity contribution in [1.29, 1.82) is 0 Å². The molecular formula is C10H13FO2. The first kappa shape index (κ1) is 9.99. The van der Waals surface area contributed by atoms with Crippen molar-refractivity contribution in [2.45, 2.75) is 20.0 Å². The van der Waals surface area contributed by atoms with E-state index in [4.69, 9.17) is 9.84 Å². The molecule has 0 saturated heterocycles. The molecule has 1 rings (SSSR count). The minimum Gasteiger partial charge on any atom is -0.491 e. The first-order chi connectivity index (χ1) is 6.09. The van der Waals surface area contributed by atoms with E-state index in [-0.39, 0.29) is 12.4 Å². The van der Waals surface area contributed by atoms with E-state index in [2.05, 4.69) is 0 Å². The van der Waals surface area contributed by atoms with Gasteiger partial charge in [-0.25, -0.2) is 4.39 Å². The lowest BCUT2D eigenvalue weighted by molar-refractivity contribution is 0.122. The molecule has 0 fully saturated rings. The molecule has 2 nitrogen and oxygen atoms in total. The van der Waals surface area contributed by atoms with Crippen molar-refractivity contribution >= 4 is 0 Å². The van der Waals surface area contributed by atoms with Crippen LogP contribution in [0.15, 0.2) is 18.2 Å². The Morgan fingerprint density at radius 2 is 2.23 bits per heavy atom. The zero-order valence-electron chi connectivity index (χ0n) is 7.75. The number of aryl methyl sites for hydroxylation is 1. The van der Waals surface area contributed by atoms with E-state index in [0.717, 1.165) is 0 Å². The highest BCUT2D eigenvalue weighted by Gasteiger charge is 2.01. The highest BCUT2D eigenvalue weighted by molar-refractivity contribution is 5.27. The fourth-order valence-electron chi connectivity index (χ4n) is 0.880. The average Bonchev–Trinajstić information content (AvgIpc) is 2.07. The van der Waals surface area contributed by atoms with Crippen LogP contribution in [0.25, 0.3) is 0 Å². The number of aliphatic hydroxyl groups is 1. The highest BCUT2D eigenvalue weighted by Crippen LogP contribution is 2.15. The van der Waals surface area contributed by atoms with Gasteiger partial charge >= 0.3 is 0 Å². The number of hydrogen-bond acceptors (Lipinski definition) is 2. The van der Waals surface area contributed by atoms with E-state index in [0.29, 0.717) is 11.3 Å². The van der Waals surface area contributed by atoms with Gasteiger partial charge in [-0.15, -0.1) is 0 Å². The maximum atomic E-state index is 13.0. The highest BCUT2D eigenvalue weighted by atomic mass is 19.1. The van der Waals surface area contributed by atoms with E-state index in [1.54, 1.807) is 26.0 Å². The lowest BCUT2D eigenvalue weighted by Gasteiger charge is -2.08. The van der Waals surface area contributed by atoms with E-state index in [1.807, 2.05) is 0 Å². The molecule has 0 aliphatic rings. The third-order valence-corrected chi connectivity index (χ3v) is 1.63. The summed E-state index contributed by atoms with van der Waals surface area (Å²) in [6, 6.07) is 4.64. The molecule has 1 N–H and O–H groups in total. The van der Waals surface area contributed by atoms with Crippen molar-refractivity contribution in [3.8, 4) is 5.75 Å². The maximum absolute atomic E-state index is 13.0. The van der Waals surface area contributed by atoms with Crippen LogP contribution in [0.3, 0.4) is 0 Å². The predicted octanol–water partition coefficient (Wildman–Crippen LogP) is 1.89. The molecule has 0 unspecified atom stereocenters. The topological polar surface area (TPSA) is 29.5 Å². The molecule has 72 valence electrons. The first-order valence-electron chi connectivity index (χ1n) is 4.16. The molecule has 0 spiro atoms. The van der Waals surface area contributed by atoms with Crippen LogP contribution in [0.4, 0.5) is 4.39 Å². The number of benzene rings is 1. The van der Waals surface area contributed by atoms with E-state index in [9.17, 15) is 4.39 Å². The zero-order chi connectivity index (χ0) is 9.84. The molecule has 0 aliphatic heterocycles. The van der Waals surface area contributed by atoms with Gasteiger partial charge in [-0.05, 0) is 25.5 Å². The summed E-state index contributed by atoms with van der Waals surface area (Å²) in [7, 11) is 0. The number of hydrogen-bond donors (Lipinski definition) is 1. The second-order valence-electron chi connectivity index (χ2n) is 3.07. The van der Waals surface area contributed by atoms with Gasteiger partial charge in [0.15, 0.2) is 0 Å². The van der Waals surface area contributed by atoms with Crippen LogP contribution in [-0.2, 0) is 0 Å². The van der Waals surface area contributed by atoms with Crippen molar-refractivity contribution in [1.82, 2.24) is 0 Å². The summed E-state index contributed by atoms with van der Waals surface area (Å²) in [4.78, 5) is 0. The molecule has 0 amide bonds. The second kappa shape index (κ2) is 4.23. The number of rotatable bonds is 3. The third-order valence-electron chi connectivity index (χ3n) is 1.63. The van der Waals surface area contributed by atoms with Crippen LogP contribution < -0.4 is 4.74 Å². The lowest BCUT2D eigenvalue weighted by Crippen LogP contribution is -2.12. The standard InChI is InChI=1S/C10H13FO2/c1-7-3-4-9(5-10(7)11)13-6-8(2)12/h3-5,8,12H,6H2,1-2H3/t8-/m0/s1. The van der Waals surface area contributed by atoms with Gasteiger partial charge in [0.2, 0.25) is 0 Å². The molecule has 0 radical (unpaired) electrons. The van der Waals surface area contributed by atoms with E-state index >= 15 is 0 Å². The minimum atomic E-state index is -0.538. The van der Waals surface area contributed by atoms with Gasteiger partial charge < -0.3 is 9.84 Å². The summed E-state index contributed by atoms with van der Waals surface area (Å²) in [5, 5.41) is 8.92. The minimum absolute atomic E-state index is 0.183. The fourth-order valence-corrected chi connectivity index (χ4v) is 0.880. The molecular weight excluding hydrogens is 171 g/mol. The predicted molar refractivity (Wildman–Crippen MR) is 48.3 cm³/mol. The van der Waals surface area contributed by atoms with Gasteiger partial charge in [0.1, 0.15) is 18.2 Å². The lowest BCUT2D eigenvalue weighted by atomic mass is 10.2. The number of ether oxygens (including phenoxy) is 1. The molecule has 3 heteroatoms. The van der Waals surface area contributed by atoms with Gasteiger partial charge in [-0.2, -0.15) is 0 Å². The Bertz CT molecular complexity index is 284. The van der Waals surface area contributed by atoms with Crippen molar-refractivity contribution in [2.75, 3.05) is 6.61 Å². The molecule has 0 heterocycles. The summed E-state index contributed by atoms with van der Waals surface area (Å²) >= 11 is 0. The van der Waals surface area contributed by atoms with Gasteiger partial charge in [0.25, 0.3) is 0 Å². The molecule has 0 aromatic heterocycles. The molecule has 0 saturated carbocycles. The molecule has 1 aromatic rings. The van der Waals surface area contributed by atoms with Gasteiger partial charge in [0.05, 0.1) is 6.10 Å². The van der Waals surface area contributed by atoms with Crippen molar-refractivity contribution in [3.63, 3.8) is 0 Å². The van der Waals surface area contributed by atoms with E-state index in [1.165, 1.54) is 6.07 Å². The molecule has 1 aromatic carbocycles. The largest absolute Gasteiger partial charge is 0.491 e. The Kier molecular flexibility index (Phi) is 3.25. The zero-order valence-corrected chi connectivity index (χ0v) is 7.75. The fraction of sp³-hybridized carbons (Fsp3) is 0.400. The Hall–Kier alpha value is -1.09. The Balaban J connectivity index is 2.63. The van der Waals surface area contributed by atoms with Crippen LogP contribution >= 0.6 is 0 Å². The van der Waals surface area contributed by atoms with E-state index < -0.39 is 6.10 Å². The second-order valence-corrected chi connectivity index (χ2v) is 3.07. The van der Waals surface area contributed by atoms with Crippen LogP contribution in [0.5, 0.6) is 5.75 Å². The third kappa shape index (κ3) is 3.03. The summed E-state index contributed by atoms with van der Waals surface area (Å²) in [6.45, 7) is 3.49. The summed E-state index contributed by atoms with van der Waals surface area (Å²) in [5.41, 5.74) is 0.587. The molecule has 0 bridgehead atoms. The van der Waals surface area contributed by atoms with Gasteiger partial charge in [-0.3, -0.25) is 0 Å². The Morgan fingerprint density at radius 3 is 2.77 bits per heavy atom. The van der Waals surface area contributed by atoms with Crippen molar-refractivity contribution < 1.29 is 14.2 Å². The van der Waals surface area contributed by atoms with Crippen LogP contribution in [0.2, 0.25) is 0 Å². The monoisotopic (exact) mass is 184 g/mol. The quantitative estimate of drug-likeness (QED) is 0.777. The maximum Gasteiger partial charge on any atom is 0.129 e.